The monoisotopic (exact) mass is 485 g/mol. The maximum absolute atomic E-state index is 13.0. The summed E-state index contributed by atoms with van der Waals surface area (Å²) in [6.45, 7) is 4.23. The second-order valence-electron chi connectivity index (χ2n) is 7.85. The average molecular weight is 486 g/mol. The lowest BCUT2D eigenvalue weighted by atomic mass is 10.0. The standard InChI is InChI=1S/C23H31N3O4.2ClH/c1-17-3-4-18(14-24-17)13-23(29)25(2)22(16-26-10-9-20(28)15-26)19-5-7-21(8-6-19)30-12-11-27;;/h3-8,14,20,22,27-28H,9-13,15-16H2,1-2H3;2*1H/t20-,22+;;/m0../s1. The number of aliphatic hydroxyl groups excluding tert-OH is 2. The van der Waals surface area contributed by atoms with Gasteiger partial charge in [-0.1, -0.05) is 18.2 Å². The van der Waals surface area contributed by atoms with Crippen LogP contribution in [0.2, 0.25) is 0 Å². The second kappa shape index (κ2) is 13.6. The first-order valence-electron chi connectivity index (χ1n) is 10.4. The summed E-state index contributed by atoms with van der Waals surface area (Å²) in [4.78, 5) is 21.3. The summed E-state index contributed by atoms with van der Waals surface area (Å²) in [6.07, 6.45) is 2.49. The van der Waals surface area contributed by atoms with Crippen molar-refractivity contribution >= 4 is 30.7 Å². The van der Waals surface area contributed by atoms with Gasteiger partial charge in [-0.2, -0.15) is 0 Å². The van der Waals surface area contributed by atoms with E-state index in [2.05, 4.69) is 9.88 Å². The van der Waals surface area contributed by atoms with Crippen LogP contribution in [-0.4, -0.2) is 76.9 Å². The number of likely N-dealkylation sites (tertiary alicyclic amines) is 1. The number of hydrogen-bond donors (Lipinski definition) is 2. The molecule has 2 heterocycles. The summed E-state index contributed by atoms with van der Waals surface area (Å²) in [5, 5.41) is 18.8. The normalized spacial score (nSPS) is 16.6. The fourth-order valence-corrected chi connectivity index (χ4v) is 3.70. The van der Waals surface area contributed by atoms with Crippen LogP contribution in [0.1, 0.15) is 29.3 Å². The summed E-state index contributed by atoms with van der Waals surface area (Å²) in [6, 6.07) is 11.3. The number of aryl methyl sites for hydroxylation is 1. The highest BCUT2D eigenvalue weighted by molar-refractivity contribution is 5.85. The van der Waals surface area contributed by atoms with Gasteiger partial charge in [-0.25, -0.2) is 0 Å². The summed E-state index contributed by atoms with van der Waals surface area (Å²) < 4.78 is 5.45. The molecule has 1 amide bonds. The van der Waals surface area contributed by atoms with Crippen LogP contribution < -0.4 is 4.74 Å². The molecule has 3 rings (SSSR count). The number of hydrogen-bond acceptors (Lipinski definition) is 6. The van der Waals surface area contributed by atoms with E-state index in [0.717, 1.165) is 29.8 Å². The van der Waals surface area contributed by atoms with Gasteiger partial charge in [-0.3, -0.25) is 14.7 Å². The largest absolute Gasteiger partial charge is 0.491 e. The zero-order valence-electron chi connectivity index (χ0n) is 18.5. The minimum Gasteiger partial charge on any atom is -0.491 e. The Hall–Kier alpha value is -1.90. The van der Waals surface area contributed by atoms with E-state index in [1.165, 1.54) is 0 Å². The molecule has 0 saturated carbocycles. The number of carbonyl (C=O) groups is 1. The van der Waals surface area contributed by atoms with Crippen LogP contribution >= 0.6 is 24.8 Å². The minimum atomic E-state index is -0.306. The Kier molecular flexibility index (Phi) is 12.0. The zero-order chi connectivity index (χ0) is 21.5. The third-order valence-electron chi connectivity index (χ3n) is 5.49. The Balaban J connectivity index is 0.00000256. The fraction of sp³-hybridized carbons (Fsp3) is 0.478. The smallest absolute Gasteiger partial charge is 0.227 e. The predicted octanol–water partition coefficient (Wildman–Crippen LogP) is 2.41. The lowest BCUT2D eigenvalue weighted by Gasteiger charge is -2.32. The Bertz CT molecular complexity index is 821. The lowest BCUT2D eigenvalue weighted by Crippen LogP contribution is -2.39. The highest BCUT2D eigenvalue weighted by Crippen LogP contribution is 2.26. The lowest BCUT2D eigenvalue weighted by molar-refractivity contribution is -0.131. The van der Waals surface area contributed by atoms with Crippen molar-refractivity contribution in [1.82, 2.24) is 14.8 Å². The molecule has 0 bridgehead atoms. The molecule has 0 unspecified atom stereocenters. The molecule has 1 aliphatic heterocycles. The summed E-state index contributed by atoms with van der Waals surface area (Å²) in [7, 11) is 1.83. The third-order valence-corrected chi connectivity index (χ3v) is 5.49. The predicted molar refractivity (Wildman–Crippen MR) is 129 cm³/mol. The van der Waals surface area contributed by atoms with Gasteiger partial charge in [-0.05, 0) is 42.7 Å². The van der Waals surface area contributed by atoms with E-state index in [1.807, 2.05) is 50.4 Å². The molecule has 2 atom stereocenters. The minimum absolute atomic E-state index is 0. The van der Waals surface area contributed by atoms with Gasteiger partial charge in [0.2, 0.25) is 5.91 Å². The quantitative estimate of drug-likeness (QED) is 0.567. The van der Waals surface area contributed by atoms with E-state index in [1.54, 1.807) is 11.1 Å². The van der Waals surface area contributed by atoms with Crippen LogP contribution in [-0.2, 0) is 11.2 Å². The third kappa shape index (κ3) is 7.90. The first kappa shape index (κ1) is 28.1. The topological polar surface area (TPSA) is 86.1 Å². The van der Waals surface area contributed by atoms with Gasteiger partial charge in [0, 0.05) is 38.6 Å². The van der Waals surface area contributed by atoms with E-state index in [9.17, 15) is 9.90 Å². The molecule has 178 valence electrons. The van der Waals surface area contributed by atoms with Gasteiger partial charge >= 0.3 is 0 Å². The molecule has 0 aliphatic carbocycles. The van der Waals surface area contributed by atoms with Crippen molar-refractivity contribution in [1.29, 1.82) is 0 Å². The van der Waals surface area contributed by atoms with Crippen molar-refractivity contribution in [3.05, 3.63) is 59.4 Å². The van der Waals surface area contributed by atoms with Gasteiger partial charge in [0.1, 0.15) is 12.4 Å². The van der Waals surface area contributed by atoms with E-state index in [-0.39, 0.29) is 56.1 Å². The maximum atomic E-state index is 13.0. The van der Waals surface area contributed by atoms with Crippen LogP contribution in [0, 0.1) is 6.92 Å². The Morgan fingerprint density at radius 2 is 1.97 bits per heavy atom. The second-order valence-corrected chi connectivity index (χ2v) is 7.85. The van der Waals surface area contributed by atoms with Crippen LogP contribution in [0.4, 0.5) is 0 Å². The Morgan fingerprint density at radius 1 is 1.25 bits per heavy atom. The number of ether oxygens (including phenoxy) is 1. The van der Waals surface area contributed by atoms with Gasteiger partial charge in [0.15, 0.2) is 0 Å². The van der Waals surface area contributed by atoms with Crippen molar-refractivity contribution in [3.8, 4) is 5.75 Å². The summed E-state index contributed by atoms with van der Waals surface area (Å²) >= 11 is 0. The van der Waals surface area contributed by atoms with E-state index < -0.39 is 0 Å². The van der Waals surface area contributed by atoms with E-state index in [0.29, 0.717) is 25.3 Å². The molecule has 1 saturated heterocycles. The Labute approximate surface area is 202 Å². The van der Waals surface area contributed by atoms with Crippen molar-refractivity contribution in [2.45, 2.75) is 31.9 Å². The van der Waals surface area contributed by atoms with Crippen molar-refractivity contribution in [2.24, 2.45) is 0 Å². The molecule has 1 aliphatic rings. The highest BCUT2D eigenvalue weighted by Gasteiger charge is 2.28. The van der Waals surface area contributed by atoms with Gasteiger partial charge in [0.05, 0.1) is 25.2 Å². The number of pyridine rings is 1. The molecule has 9 heteroatoms. The van der Waals surface area contributed by atoms with Gasteiger partial charge < -0.3 is 19.8 Å². The molecule has 2 N–H and O–H groups in total. The van der Waals surface area contributed by atoms with Gasteiger partial charge in [-0.15, -0.1) is 24.8 Å². The molecule has 0 spiro atoms. The van der Waals surface area contributed by atoms with Crippen molar-refractivity contribution < 1.29 is 19.7 Å². The number of halogens is 2. The zero-order valence-corrected chi connectivity index (χ0v) is 20.1. The van der Waals surface area contributed by atoms with Crippen molar-refractivity contribution in [2.75, 3.05) is 39.9 Å². The average Bonchev–Trinajstić information content (AvgIpc) is 3.17. The number of nitrogens with zero attached hydrogens (tertiary/aromatic N) is 3. The Morgan fingerprint density at radius 3 is 2.53 bits per heavy atom. The van der Waals surface area contributed by atoms with Crippen LogP contribution in [0.15, 0.2) is 42.6 Å². The number of likely N-dealkylation sites (N-methyl/N-ethyl adjacent to an activating group) is 1. The molecule has 1 aromatic heterocycles. The van der Waals surface area contributed by atoms with E-state index in [4.69, 9.17) is 9.84 Å². The summed E-state index contributed by atoms with van der Waals surface area (Å²) in [5.74, 6) is 0.703. The SMILES string of the molecule is Cc1ccc(CC(=O)N(C)[C@H](CN2CC[C@H](O)C2)c2ccc(OCCO)cc2)cn1.Cl.Cl. The van der Waals surface area contributed by atoms with E-state index >= 15 is 0 Å². The first-order chi connectivity index (χ1) is 14.5. The molecule has 0 radical (unpaired) electrons. The molecular weight excluding hydrogens is 453 g/mol. The molecule has 1 fully saturated rings. The molecule has 7 nitrogen and oxygen atoms in total. The molecular formula is C23H33Cl2N3O4. The van der Waals surface area contributed by atoms with Crippen LogP contribution in [0.5, 0.6) is 5.75 Å². The van der Waals surface area contributed by atoms with Crippen molar-refractivity contribution in [3.63, 3.8) is 0 Å². The summed E-state index contributed by atoms with van der Waals surface area (Å²) in [5.41, 5.74) is 2.82. The highest BCUT2D eigenvalue weighted by atomic mass is 35.5. The van der Waals surface area contributed by atoms with Gasteiger partial charge in [0.25, 0.3) is 0 Å². The molecule has 1 aromatic carbocycles. The van der Waals surface area contributed by atoms with Crippen LogP contribution in [0.25, 0.3) is 0 Å². The first-order valence-corrected chi connectivity index (χ1v) is 10.4. The number of β-amino-alcohol motifs (C(OH)–C–C–N with tert-alkyl or cyclic N) is 1. The number of aliphatic hydroxyl groups is 2. The molecule has 2 aromatic rings. The number of amides is 1. The van der Waals surface area contributed by atoms with Crippen LogP contribution in [0.3, 0.4) is 0 Å². The number of aromatic nitrogens is 1. The molecule has 32 heavy (non-hydrogen) atoms. The maximum Gasteiger partial charge on any atom is 0.227 e. The number of benzene rings is 1. The number of rotatable bonds is 9. The number of carbonyl (C=O) groups excluding carboxylic acids is 1. The fourth-order valence-electron chi connectivity index (χ4n) is 3.70.